The van der Waals surface area contributed by atoms with Gasteiger partial charge in [-0.1, -0.05) is 12.1 Å². The minimum Gasteiger partial charge on any atom is -0.394 e. The number of hydrogen-bond acceptors (Lipinski definition) is 5. The van der Waals surface area contributed by atoms with Crippen LogP contribution in [0, 0.1) is 0 Å². The molecule has 108 valence electrons. The van der Waals surface area contributed by atoms with Gasteiger partial charge in [0, 0.05) is 12.6 Å². The Kier molecular flexibility index (Phi) is 6.40. The number of primary sulfonamides is 1. The molecule has 0 aliphatic carbocycles. The molecule has 7 heteroatoms. The fraction of sp³-hybridized carbons (Fsp3) is 0.500. The second kappa shape index (κ2) is 7.56. The van der Waals surface area contributed by atoms with Crippen molar-refractivity contribution in [3.63, 3.8) is 0 Å². The summed E-state index contributed by atoms with van der Waals surface area (Å²) < 4.78 is 27.6. The summed E-state index contributed by atoms with van der Waals surface area (Å²) in [5.74, 6) is 0. The molecule has 0 aromatic heterocycles. The van der Waals surface area contributed by atoms with Crippen LogP contribution in [0.4, 0.5) is 0 Å². The van der Waals surface area contributed by atoms with Crippen LogP contribution in [0.5, 0.6) is 0 Å². The van der Waals surface area contributed by atoms with Gasteiger partial charge < -0.3 is 15.2 Å². The van der Waals surface area contributed by atoms with Crippen LogP contribution in [0.1, 0.15) is 18.5 Å². The monoisotopic (exact) mass is 288 g/mol. The van der Waals surface area contributed by atoms with Crippen molar-refractivity contribution >= 4 is 10.0 Å². The second-order valence-corrected chi connectivity index (χ2v) is 5.69. The maximum atomic E-state index is 11.3. The number of benzene rings is 1. The van der Waals surface area contributed by atoms with E-state index in [1.807, 2.05) is 13.0 Å². The molecule has 0 saturated heterocycles. The van der Waals surface area contributed by atoms with Crippen molar-refractivity contribution in [2.24, 2.45) is 5.14 Å². The number of ether oxygens (including phenoxy) is 1. The van der Waals surface area contributed by atoms with Crippen molar-refractivity contribution < 1.29 is 18.3 Å². The van der Waals surface area contributed by atoms with Crippen LogP contribution in [0.15, 0.2) is 29.2 Å². The number of nitrogens with one attached hydrogen (secondary N) is 1. The molecule has 19 heavy (non-hydrogen) atoms. The maximum Gasteiger partial charge on any atom is 0.238 e. The molecule has 1 aromatic carbocycles. The Labute approximate surface area is 113 Å². The zero-order chi connectivity index (χ0) is 14.3. The Morgan fingerprint density at radius 3 is 2.79 bits per heavy atom. The Bertz CT molecular complexity index is 490. The average Bonchev–Trinajstić information content (AvgIpc) is 2.37. The molecule has 0 spiro atoms. The molecule has 0 saturated carbocycles. The van der Waals surface area contributed by atoms with Gasteiger partial charge in [0.15, 0.2) is 0 Å². The van der Waals surface area contributed by atoms with Crippen LogP contribution in [-0.4, -0.2) is 39.9 Å². The Balaban J connectivity index is 2.55. The predicted octanol–water partition coefficient (Wildman–Crippen LogP) is -0.00650. The highest BCUT2D eigenvalue weighted by Gasteiger charge is 2.11. The molecule has 0 bridgehead atoms. The second-order valence-electron chi connectivity index (χ2n) is 4.13. The lowest BCUT2D eigenvalue weighted by Crippen LogP contribution is -2.24. The molecule has 0 amide bonds. The van der Waals surface area contributed by atoms with Gasteiger partial charge in [0.2, 0.25) is 10.0 Å². The summed E-state index contributed by atoms with van der Waals surface area (Å²) in [4.78, 5) is 0.107. The summed E-state index contributed by atoms with van der Waals surface area (Å²) in [6.45, 7) is 3.35. The smallest absolute Gasteiger partial charge is 0.238 e. The maximum absolute atomic E-state index is 11.3. The summed E-state index contributed by atoms with van der Waals surface area (Å²) >= 11 is 0. The van der Waals surface area contributed by atoms with Crippen molar-refractivity contribution in [3.05, 3.63) is 29.8 Å². The summed E-state index contributed by atoms with van der Waals surface area (Å²) in [5.41, 5.74) is 0.841. The standard InChI is InChI=1S/C12H20N2O4S/c1-10(14-5-7-18-8-6-15)11-3-2-4-12(9-11)19(13,16)17/h2-4,9-10,14-15H,5-8H2,1H3,(H2,13,16,17). The molecule has 1 atom stereocenters. The molecule has 0 fully saturated rings. The third kappa shape index (κ3) is 5.66. The van der Waals surface area contributed by atoms with Crippen LogP contribution in [-0.2, 0) is 14.8 Å². The number of nitrogens with two attached hydrogens (primary N) is 1. The Morgan fingerprint density at radius 1 is 1.42 bits per heavy atom. The highest BCUT2D eigenvalue weighted by atomic mass is 32.2. The first-order valence-electron chi connectivity index (χ1n) is 6.00. The number of rotatable bonds is 8. The highest BCUT2D eigenvalue weighted by molar-refractivity contribution is 7.89. The average molecular weight is 288 g/mol. The number of sulfonamides is 1. The zero-order valence-corrected chi connectivity index (χ0v) is 11.7. The molecule has 1 aromatic rings. The lowest BCUT2D eigenvalue weighted by molar-refractivity contribution is 0.0928. The van der Waals surface area contributed by atoms with E-state index in [0.29, 0.717) is 19.8 Å². The lowest BCUT2D eigenvalue weighted by Gasteiger charge is -2.15. The van der Waals surface area contributed by atoms with Gasteiger partial charge in [-0.2, -0.15) is 0 Å². The predicted molar refractivity (Wildman–Crippen MR) is 72.1 cm³/mol. The molecular formula is C12H20N2O4S. The molecule has 0 heterocycles. The molecular weight excluding hydrogens is 268 g/mol. The first kappa shape index (κ1) is 16.1. The molecule has 0 radical (unpaired) electrons. The summed E-state index contributed by atoms with van der Waals surface area (Å²) in [5, 5.41) is 16.8. The quantitative estimate of drug-likeness (QED) is 0.584. The normalized spacial score (nSPS) is 13.4. The molecule has 6 nitrogen and oxygen atoms in total. The summed E-state index contributed by atoms with van der Waals surface area (Å²) in [7, 11) is -3.67. The summed E-state index contributed by atoms with van der Waals surface area (Å²) in [6.07, 6.45) is 0. The third-order valence-electron chi connectivity index (χ3n) is 2.62. The van der Waals surface area contributed by atoms with Crippen molar-refractivity contribution in [1.29, 1.82) is 0 Å². The zero-order valence-electron chi connectivity index (χ0n) is 10.9. The first-order valence-corrected chi connectivity index (χ1v) is 7.54. The number of aliphatic hydroxyl groups is 1. The number of hydrogen-bond donors (Lipinski definition) is 3. The fourth-order valence-electron chi connectivity index (χ4n) is 1.59. The van der Waals surface area contributed by atoms with E-state index >= 15 is 0 Å². The van der Waals surface area contributed by atoms with E-state index in [0.717, 1.165) is 5.56 Å². The number of aliphatic hydroxyl groups excluding tert-OH is 1. The SMILES string of the molecule is CC(NCCOCCO)c1cccc(S(N)(=O)=O)c1. The van der Waals surface area contributed by atoms with Crippen LogP contribution in [0.3, 0.4) is 0 Å². The van der Waals surface area contributed by atoms with Gasteiger partial charge in [-0.25, -0.2) is 13.6 Å². The molecule has 4 N–H and O–H groups in total. The first-order chi connectivity index (χ1) is 8.95. The van der Waals surface area contributed by atoms with Crippen LogP contribution in [0.2, 0.25) is 0 Å². The minimum absolute atomic E-state index is 0.00591. The fourth-order valence-corrected chi connectivity index (χ4v) is 2.16. The van der Waals surface area contributed by atoms with Gasteiger partial charge in [0.05, 0.1) is 24.7 Å². The van der Waals surface area contributed by atoms with Gasteiger partial charge in [0.25, 0.3) is 0 Å². The largest absolute Gasteiger partial charge is 0.394 e. The topological polar surface area (TPSA) is 102 Å². The van der Waals surface area contributed by atoms with E-state index in [1.54, 1.807) is 12.1 Å². The molecule has 1 unspecified atom stereocenters. The van der Waals surface area contributed by atoms with Crippen molar-refractivity contribution in [2.45, 2.75) is 17.9 Å². The van der Waals surface area contributed by atoms with E-state index in [9.17, 15) is 8.42 Å². The van der Waals surface area contributed by atoms with Crippen molar-refractivity contribution in [2.75, 3.05) is 26.4 Å². The van der Waals surface area contributed by atoms with Gasteiger partial charge >= 0.3 is 0 Å². The van der Waals surface area contributed by atoms with Crippen LogP contribution < -0.4 is 10.5 Å². The van der Waals surface area contributed by atoms with E-state index in [2.05, 4.69) is 5.32 Å². The Morgan fingerprint density at radius 2 is 2.16 bits per heavy atom. The van der Waals surface area contributed by atoms with E-state index in [4.69, 9.17) is 15.0 Å². The molecule has 0 aliphatic heterocycles. The highest BCUT2D eigenvalue weighted by Crippen LogP contribution is 2.16. The third-order valence-corrected chi connectivity index (χ3v) is 3.53. The van der Waals surface area contributed by atoms with Gasteiger partial charge in [-0.15, -0.1) is 0 Å². The molecule has 1 rings (SSSR count). The van der Waals surface area contributed by atoms with Crippen LogP contribution >= 0.6 is 0 Å². The Hall–Kier alpha value is -0.990. The van der Waals surface area contributed by atoms with Crippen LogP contribution in [0.25, 0.3) is 0 Å². The van der Waals surface area contributed by atoms with Gasteiger partial charge in [-0.3, -0.25) is 0 Å². The van der Waals surface area contributed by atoms with Crippen molar-refractivity contribution in [3.8, 4) is 0 Å². The van der Waals surface area contributed by atoms with Gasteiger partial charge in [0.1, 0.15) is 0 Å². The van der Waals surface area contributed by atoms with E-state index in [1.165, 1.54) is 6.07 Å². The van der Waals surface area contributed by atoms with Crippen molar-refractivity contribution in [1.82, 2.24) is 5.32 Å². The lowest BCUT2D eigenvalue weighted by atomic mass is 10.1. The summed E-state index contributed by atoms with van der Waals surface area (Å²) in [6, 6.07) is 6.51. The molecule has 0 aliphatic rings. The van der Waals surface area contributed by atoms with Gasteiger partial charge in [-0.05, 0) is 24.6 Å². The minimum atomic E-state index is -3.67. The van der Waals surface area contributed by atoms with E-state index < -0.39 is 10.0 Å². The van der Waals surface area contributed by atoms with E-state index in [-0.39, 0.29) is 17.5 Å².